The van der Waals surface area contributed by atoms with Gasteiger partial charge in [0.2, 0.25) is 0 Å². The molecule has 0 radical (unpaired) electrons. The summed E-state index contributed by atoms with van der Waals surface area (Å²) in [5, 5.41) is 0. The maximum absolute atomic E-state index is 5.75. The second-order valence-corrected chi connectivity index (χ2v) is 4.25. The third kappa shape index (κ3) is 3.82. The summed E-state index contributed by atoms with van der Waals surface area (Å²) >= 11 is 0. The Labute approximate surface area is 107 Å². The third-order valence-corrected chi connectivity index (χ3v) is 2.41. The Hall–Kier alpha value is -1.94. The van der Waals surface area contributed by atoms with E-state index in [-0.39, 0.29) is 6.04 Å². The van der Waals surface area contributed by atoms with E-state index in [1.807, 2.05) is 43.3 Å². The molecule has 2 N–H and O–H groups in total. The molecule has 1 aromatic carbocycles. The molecule has 94 valence electrons. The quantitative estimate of drug-likeness (QED) is 0.871. The number of rotatable bonds is 5. The van der Waals surface area contributed by atoms with Gasteiger partial charge in [0, 0.05) is 24.4 Å². The lowest BCUT2D eigenvalue weighted by atomic mass is 10.2. The third-order valence-electron chi connectivity index (χ3n) is 2.41. The van der Waals surface area contributed by atoms with Crippen molar-refractivity contribution in [1.82, 2.24) is 9.97 Å². The van der Waals surface area contributed by atoms with Gasteiger partial charge in [-0.3, -0.25) is 0 Å². The highest BCUT2D eigenvalue weighted by atomic mass is 16.5. The van der Waals surface area contributed by atoms with E-state index >= 15 is 0 Å². The largest absolute Gasteiger partial charge is 0.486 e. The normalized spacial score (nSPS) is 12.1. The molecule has 4 nitrogen and oxygen atoms in total. The zero-order valence-electron chi connectivity index (χ0n) is 10.4. The van der Waals surface area contributed by atoms with Crippen LogP contribution in [0.4, 0.5) is 0 Å². The smallest absolute Gasteiger partial charge is 0.166 e. The van der Waals surface area contributed by atoms with Crippen LogP contribution in [0, 0.1) is 0 Å². The monoisotopic (exact) mass is 243 g/mol. The summed E-state index contributed by atoms with van der Waals surface area (Å²) in [6.07, 6.45) is 2.50. The van der Waals surface area contributed by atoms with Crippen molar-refractivity contribution in [3.05, 3.63) is 54.1 Å². The van der Waals surface area contributed by atoms with Crippen LogP contribution < -0.4 is 10.5 Å². The molecule has 1 heterocycles. The first kappa shape index (κ1) is 12.5. The summed E-state index contributed by atoms with van der Waals surface area (Å²) in [7, 11) is 0. The molecule has 4 heteroatoms. The Kier molecular flexibility index (Phi) is 4.25. The summed E-state index contributed by atoms with van der Waals surface area (Å²) in [4.78, 5) is 8.60. The molecule has 0 bridgehead atoms. The maximum Gasteiger partial charge on any atom is 0.166 e. The van der Waals surface area contributed by atoms with Gasteiger partial charge >= 0.3 is 0 Å². The molecular weight excluding hydrogens is 226 g/mol. The van der Waals surface area contributed by atoms with Crippen LogP contribution in [0.5, 0.6) is 5.75 Å². The Morgan fingerprint density at radius 2 is 2.00 bits per heavy atom. The number of nitrogens with zero attached hydrogens (tertiary/aromatic N) is 2. The van der Waals surface area contributed by atoms with Crippen molar-refractivity contribution < 1.29 is 4.74 Å². The summed E-state index contributed by atoms with van der Waals surface area (Å²) in [6.45, 7) is 2.33. The molecule has 0 spiro atoms. The summed E-state index contributed by atoms with van der Waals surface area (Å²) < 4.78 is 5.60. The number of hydrogen-bond donors (Lipinski definition) is 1. The molecule has 2 aromatic rings. The lowest BCUT2D eigenvalue weighted by Gasteiger charge is -2.07. The zero-order chi connectivity index (χ0) is 12.8. The number of ether oxygens (including phenoxy) is 1. The van der Waals surface area contributed by atoms with E-state index < -0.39 is 0 Å². The lowest BCUT2D eigenvalue weighted by Crippen LogP contribution is -2.19. The fourth-order valence-corrected chi connectivity index (χ4v) is 1.62. The van der Waals surface area contributed by atoms with Crippen molar-refractivity contribution >= 4 is 0 Å². The molecule has 0 fully saturated rings. The van der Waals surface area contributed by atoms with Gasteiger partial charge in [-0.05, 0) is 25.1 Å². The van der Waals surface area contributed by atoms with Gasteiger partial charge in [0.05, 0.1) is 0 Å². The lowest BCUT2D eigenvalue weighted by molar-refractivity contribution is 0.295. The van der Waals surface area contributed by atoms with E-state index in [1.54, 1.807) is 6.20 Å². The number of aromatic nitrogens is 2. The van der Waals surface area contributed by atoms with Gasteiger partial charge in [-0.25, -0.2) is 9.97 Å². The average molecular weight is 243 g/mol. The van der Waals surface area contributed by atoms with Crippen molar-refractivity contribution in [1.29, 1.82) is 0 Å². The van der Waals surface area contributed by atoms with Crippen LogP contribution in [-0.4, -0.2) is 16.0 Å². The number of hydrogen-bond acceptors (Lipinski definition) is 4. The van der Waals surface area contributed by atoms with Crippen molar-refractivity contribution in [2.75, 3.05) is 0 Å². The number of benzene rings is 1. The van der Waals surface area contributed by atoms with Crippen LogP contribution in [0.25, 0.3) is 0 Å². The maximum atomic E-state index is 5.75. The molecule has 1 atom stereocenters. The van der Waals surface area contributed by atoms with Gasteiger partial charge in [0.1, 0.15) is 12.4 Å². The highest BCUT2D eigenvalue weighted by Gasteiger charge is 2.03. The van der Waals surface area contributed by atoms with Gasteiger partial charge in [0.25, 0.3) is 0 Å². The van der Waals surface area contributed by atoms with Crippen molar-refractivity contribution in [2.45, 2.75) is 26.0 Å². The number of nitrogens with two attached hydrogens (primary N) is 1. The van der Waals surface area contributed by atoms with Gasteiger partial charge in [-0.15, -0.1) is 0 Å². The minimum atomic E-state index is 0.0998. The van der Waals surface area contributed by atoms with E-state index in [2.05, 4.69) is 9.97 Å². The van der Waals surface area contributed by atoms with Crippen LogP contribution in [0.2, 0.25) is 0 Å². The van der Waals surface area contributed by atoms with E-state index in [9.17, 15) is 0 Å². The predicted molar refractivity (Wildman–Crippen MR) is 70.2 cm³/mol. The van der Waals surface area contributed by atoms with Crippen LogP contribution in [-0.2, 0) is 13.0 Å². The van der Waals surface area contributed by atoms with E-state index in [4.69, 9.17) is 10.5 Å². The first-order chi connectivity index (χ1) is 8.74. The van der Waals surface area contributed by atoms with Crippen molar-refractivity contribution in [2.24, 2.45) is 5.73 Å². The molecule has 0 aliphatic rings. The fraction of sp³-hybridized carbons (Fsp3) is 0.286. The first-order valence-corrected chi connectivity index (χ1v) is 5.98. The minimum absolute atomic E-state index is 0.0998. The van der Waals surface area contributed by atoms with Gasteiger partial charge in [-0.2, -0.15) is 0 Å². The molecular formula is C14H17N3O. The molecule has 18 heavy (non-hydrogen) atoms. The molecule has 0 saturated carbocycles. The topological polar surface area (TPSA) is 61.0 Å². The van der Waals surface area contributed by atoms with Gasteiger partial charge in [-0.1, -0.05) is 18.2 Å². The summed E-state index contributed by atoms with van der Waals surface area (Å²) in [6, 6.07) is 11.6. The van der Waals surface area contributed by atoms with Gasteiger partial charge < -0.3 is 10.5 Å². The molecule has 0 saturated heterocycles. The van der Waals surface area contributed by atoms with Crippen molar-refractivity contribution in [3.63, 3.8) is 0 Å². The Morgan fingerprint density at radius 1 is 1.22 bits per heavy atom. The molecule has 1 unspecified atom stereocenters. The predicted octanol–water partition coefficient (Wildman–Crippen LogP) is 1.95. The van der Waals surface area contributed by atoms with Crippen LogP contribution in [0.3, 0.4) is 0 Å². The molecule has 2 rings (SSSR count). The SMILES string of the molecule is CC(N)Cc1ccnc(COc2ccccc2)n1. The molecule has 0 aliphatic heterocycles. The highest BCUT2D eigenvalue weighted by Crippen LogP contribution is 2.10. The van der Waals surface area contributed by atoms with Crippen LogP contribution >= 0.6 is 0 Å². The second kappa shape index (κ2) is 6.12. The van der Waals surface area contributed by atoms with Gasteiger partial charge in [0.15, 0.2) is 5.82 Å². The van der Waals surface area contributed by atoms with Crippen LogP contribution in [0.1, 0.15) is 18.4 Å². The van der Waals surface area contributed by atoms with E-state index in [1.165, 1.54) is 0 Å². The van der Waals surface area contributed by atoms with Crippen LogP contribution in [0.15, 0.2) is 42.6 Å². The highest BCUT2D eigenvalue weighted by molar-refractivity contribution is 5.21. The molecule has 1 aromatic heterocycles. The summed E-state index contributed by atoms with van der Waals surface area (Å²) in [5.74, 6) is 1.50. The van der Waals surface area contributed by atoms with Crippen molar-refractivity contribution in [3.8, 4) is 5.75 Å². The summed E-state index contributed by atoms with van der Waals surface area (Å²) in [5.41, 5.74) is 6.70. The Bertz CT molecular complexity index is 485. The Balaban J connectivity index is 1.97. The average Bonchev–Trinajstić information content (AvgIpc) is 2.37. The standard InChI is InChI=1S/C14H17N3O/c1-11(15)9-12-7-8-16-14(17-12)10-18-13-5-3-2-4-6-13/h2-8,11H,9-10,15H2,1H3. The Morgan fingerprint density at radius 3 is 2.72 bits per heavy atom. The zero-order valence-corrected chi connectivity index (χ0v) is 10.4. The molecule has 0 amide bonds. The second-order valence-electron chi connectivity index (χ2n) is 4.25. The number of para-hydroxylation sites is 1. The molecule has 0 aliphatic carbocycles. The first-order valence-electron chi connectivity index (χ1n) is 5.98. The van der Waals surface area contributed by atoms with E-state index in [0.717, 1.165) is 17.9 Å². The minimum Gasteiger partial charge on any atom is -0.486 e. The van der Waals surface area contributed by atoms with E-state index in [0.29, 0.717) is 12.4 Å². The fourth-order valence-electron chi connectivity index (χ4n) is 1.62.